The van der Waals surface area contributed by atoms with Gasteiger partial charge in [0.25, 0.3) is 0 Å². The standard InChI is InChI=1S/C13H13ClN2O/c1-3-10-6-4-5-7-11(10)17-12-8-9(2)15-13(14)16-12/h4-8H,3H2,1-2H3. The fourth-order valence-electron chi connectivity index (χ4n) is 1.57. The first kappa shape index (κ1) is 11.9. The Balaban J connectivity index is 2.31. The maximum atomic E-state index is 5.79. The van der Waals surface area contributed by atoms with Crippen LogP contribution in [0.25, 0.3) is 0 Å². The van der Waals surface area contributed by atoms with Crippen molar-refractivity contribution < 1.29 is 4.74 Å². The van der Waals surface area contributed by atoms with Crippen molar-refractivity contribution in [2.24, 2.45) is 0 Å². The molecule has 1 aromatic carbocycles. The Kier molecular flexibility index (Phi) is 3.59. The minimum absolute atomic E-state index is 0.203. The number of nitrogens with zero attached hydrogens (tertiary/aromatic N) is 2. The number of hydrogen-bond acceptors (Lipinski definition) is 3. The van der Waals surface area contributed by atoms with Crippen LogP contribution in [0, 0.1) is 6.92 Å². The van der Waals surface area contributed by atoms with E-state index in [0.29, 0.717) is 5.88 Å². The van der Waals surface area contributed by atoms with Crippen molar-refractivity contribution in [2.45, 2.75) is 20.3 Å². The molecule has 0 unspecified atom stereocenters. The van der Waals surface area contributed by atoms with E-state index in [9.17, 15) is 0 Å². The average molecular weight is 249 g/mol. The number of halogens is 1. The largest absolute Gasteiger partial charge is 0.439 e. The van der Waals surface area contributed by atoms with Crippen LogP contribution in [0.1, 0.15) is 18.2 Å². The van der Waals surface area contributed by atoms with E-state index in [1.165, 1.54) is 0 Å². The Labute approximate surface area is 105 Å². The van der Waals surface area contributed by atoms with E-state index in [-0.39, 0.29) is 5.28 Å². The lowest BCUT2D eigenvalue weighted by atomic mass is 10.1. The lowest BCUT2D eigenvalue weighted by Gasteiger charge is -2.09. The van der Waals surface area contributed by atoms with E-state index < -0.39 is 0 Å². The first-order valence-corrected chi connectivity index (χ1v) is 5.83. The molecule has 0 saturated carbocycles. The number of aromatic nitrogens is 2. The molecule has 4 heteroatoms. The van der Waals surface area contributed by atoms with Gasteiger partial charge in [0.2, 0.25) is 11.2 Å². The molecular formula is C13H13ClN2O. The predicted octanol–water partition coefficient (Wildman–Crippen LogP) is 3.79. The van der Waals surface area contributed by atoms with E-state index in [1.54, 1.807) is 6.07 Å². The predicted molar refractivity (Wildman–Crippen MR) is 67.7 cm³/mol. The molecule has 0 aliphatic rings. The van der Waals surface area contributed by atoms with Crippen LogP contribution in [-0.2, 0) is 6.42 Å². The summed E-state index contributed by atoms with van der Waals surface area (Å²) in [7, 11) is 0. The van der Waals surface area contributed by atoms with Gasteiger partial charge in [0.05, 0.1) is 0 Å². The zero-order valence-electron chi connectivity index (χ0n) is 9.77. The van der Waals surface area contributed by atoms with Gasteiger partial charge in [-0.1, -0.05) is 25.1 Å². The van der Waals surface area contributed by atoms with Crippen molar-refractivity contribution in [1.29, 1.82) is 0 Å². The zero-order chi connectivity index (χ0) is 12.3. The van der Waals surface area contributed by atoms with E-state index in [1.807, 2.05) is 31.2 Å². The fourth-order valence-corrected chi connectivity index (χ4v) is 1.78. The lowest BCUT2D eigenvalue weighted by molar-refractivity contribution is 0.455. The van der Waals surface area contributed by atoms with E-state index in [2.05, 4.69) is 16.9 Å². The van der Waals surface area contributed by atoms with Crippen LogP contribution in [0.4, 0.5) is 0 Å². The van der Waals surface area contributed by atoms with Crippen molar-refractivity contribution in [3.63, 3.8) is 0 Å². The summed E-state index contributed by atoms with van der Waals surface area (Å²) in [4.78, 5) is 8.03. The van der Waals surface area contributed by atoms with Crippen molar-refractivity contribution >= 4 is 11.6 Å². The van der Waals surface area contributed by atoms with Crippen LogP contribution in [-0.4, -0.2) is 9.97 Å². The van der Waals surface area contributed by atoms with Crippen molar-refractivity contribution in [3.8, 4) is 11.6 Å². The number of hydrogen-bond donors (Lipinski definition) is 0. The van der Waals surface area contributed by atoms with Gasteiger partial charge in [0.15, 0.2) is 0 Å². The van der Waals surface area contributed by atoms with Crippen molar-refractivity contribution in [2.75, 3.05) is 0 Å². The highest BCUT2D eigenvalue weighted by molar-refractivity contribution is 6.28. The van der Waals surface area contributed by atoms with Crippen molar-refractivity contribution in [1.82, 2.24) is 9.97 Å². The SMILES string of the molecule is CCc1ccccc1Oc1cc(C)nc(Cl)n1. The molecule has 0 aliphatic carbocycles. The second-order valence-electron chi connectivity index (χ2n) is 3.68. The quantitative estimate of drug-likeness (QED) is 0.775. The van der Waals surface area contributed by atoms with Crippen LogP contribution in [0.2, 0.25) is 5.28 Å². The first-order chi connectivity index (χ1) is 8.19. The molecule has 1 aromatic heterocycles. The lowest BCUT2D eigenvalue weighted by Crippen LogP contribution is -1.95. The molecule has 0 spiro atoms. The van der Waals surface area contributed by atoms with Crippen molar-refractivity contribution in [3.05, 3.63) is 46.9 Å². The van der Waals surface area contributed by atoms with Gasteiger partial charge in [-0.05, 0) is 36.6 Å². The summed E-state index contributed by atoms with van der Waals surface area (Å²) in [5.41, 5.74) is 1.92. The normalized spacial score (nSPS) is 10.3. The Bertz CT molecular complexity index is 508. The highest BCUT2D eigenvalue weighted by Gasteiger charge is 2.05. The Hall–Kier alpha value is -1.61. The molecule has 0 aliphatic heterocycles. The van der Waals surface area contributed by atoms with Gasteiger partial charge in [-0.25, -0.2) is 4.98 Å². The highest BCUT2D eigenvalue weighted by Crippen LogP contribution is 2.25. The van der Waals surface area contributed by atoms with Gasteiger partial charge in [0, 0.05) is 11.8 Å². The van der Waals surface area contributed by atoms with Gasteiger partial charge >= 0.3 is 0 Å². The topological polar surface area (TPSA) is 35.0 Å². The molecule has 2 rings (SSSR count). The third-order valence-corrected chi connectivity index (χ3v) is 2.54. The van der Waals surface area contributed by atoms with E-state index >= 15 is 0 Å². The molecule has 0 amide bonds. The second kappa shape index (κ2) is 5.15. The van der Waals surface area contributed by atoms with Crippen LogP contribution in [0.15, 0.2) is 30.3 Å². The van der Waals surface area contributed by atoms with E-state index in [4.69, 9.17) is 16.3 Å². The number of aryl methyl sites for hydroxylation is 2. The molecule has 88 valence electrons. The maximum Gasteiger partial charge on any atom is 0.225 e. The Morgan fingerprint density at radius 2 is 2.00 bits per heavy atom. The minimum Gasteiger partial charge on any atom is -0.439 e. The Morgan fingerprint density at radius 1 is 1.24 bits per heavy atom. The monoisotopic (exact) mass is 248 g/mol. The number of benzene rings is 1. The molecule has 2 aromatic rings. The van der Waals surface area contributed by atoms with Gasteiger partial charge in [-0.2, -0.15) is 4.98 Å². The summed E-state index contributed by atoms with van der Waals surface area (Å²) in [6, 6.07) is 9.64. The molecular weight excluding hydrogens is 236 g/mol. The summed E-state index contributed by atoms with van der Waals surface area (Å²) in [5, 5.41) is 0.203. The molecule has 0 N–H and O–H groups in total. The minimum atomic E-state index is 0.203. The van der Waals surface area contributed by atoms with Gasteiger partial charge in [-0.15, -0.1) is 0 Å². The third-order valence-electron chi connectivity index (χ3n) is 2.37. The van der Waals surface area contributed by atoms with Crippen LogP contribution in [0.5, 0.6) is 11.6 Å². The van der Waals surface area contributed by atoms with Crippen LogP contribution in [0.3, 0.4) is 0 Å². The molecule has 0 radical (unpaired) electrons. The summed E-state index contributed by atoms with van der Waals surface area (Å²) >= 11 is 5.79. The summed E-state index contributed by atoms with van der Waals surface area (Å²) in [6.07, 6.45) is 0.911. The number of para-hydroxylation sites is 1. The zero-order valence-corrected chi connectivity index (χ0v) is 10.5. The first-order valence-electron chi connectivity index (χ1n) is 5.46. The maximum absolute atomic E-state index is 5.79. The van der Waals surface area contributed by atoms with Gasteiger partial charge < -0.3 is 4.74 Å². The molecule has 1 heterocycles. The smallest absolute Gasteiger partial charge is 0.225 e. The van der Waals surface area contributed by atoms with Gasteiger partial charge in [0.1, 0.15) is 5.75 Å². The molecule has 0 atom stereocenters. The molecule has 0 bridgehead atoms. The molecule has 0 fully saturated rings. The van der Waals surface area contributed by atoms with Crippen LogP contribution >= 0.6 is 11.6 Å². The fraction of sp³-hybridized carbons (Fsp3) is 0.231. The Morgan fingerprint density at radius 3 is 2.71 bits per heavy atom. The molecule has 0 saturated heterocycles. The third kappa shape index (κ3) is 2.94. The van der Waals surface area contributed by atoms with Gasteiger partial charge in [-0.3, -0.25) is 0 Å². The summed E-state index contributed by atoms with van der Waals surface area (Å²) < 4.78 is 5.73. The molecule has 17 heavy (non-hydrogen) atoms. The van der Waals surface area contributed by atoms with Crippen LogP contribution < -0.4 is 4.74 Å². The highest BCUT2D eigenvalue weighted by atomic mass is 35.5. The number of ether oxygens (including phenoxy) is 1. The van der Waals surface area contributed by atoms with E-state index in [0.717, 1.165) is 23.4 Å². The summed E-state index contributed by atoms with van der Waals surface area (Å²) in [5.74, 6) is 1.28. The average Bonchev–Trinajstić information content (AvgIpc) is 2.28. The number of rotatable bonds is 3. The summed E-state index contributed by atoms with van der Waals surface area (Å²) in [6.45, 7) is 3.94. The second-order valence-corrected chi connectivity index (χ2v) is 4.02. The molecule has 3 nitrogen and oxygen atoms in total.